The van der Waals surface area contributed by atoms with Gasteiger partial charge in [-0.05, 0) is 12.1 Å². The van der Waals surface area contributed by atoms with Gasteiger partial charge in [0.1, 0.15) is 5.71 Å². The van der Waals surface area contributed by atoms with Crippen molar-refractivity contribution in [3.8, 4) is 0 Å². The van der Waals surface area contributed by atoms with E-state index in [1.165, 1.54) is 0 Å². The zero-order chi connectivity index (χ0) is 8.97. The van der Waals surface area contributed by atoms with Gasteiger partial charge >= 0.3 is 0 Å². The molecular formula is C8H6ClNO2. The number of nitrogens with zero attached hydrogens (tertiary/aromatic N) is 1. The van der Waals surface area contributed by atoms with Crippen molar-refractivity contribution in [1.82, 2.24) is 0 Å². The Kier molecular flexibility index (Phi) is 2.82. The topological polar surface area (TPSA) is 49.7 Å². The molecule has 0 saturated carbocycles. The van der Waals surface area contributed by atoms with Crippen LogP contribution in [-0.2, 0) is 4.79 Å². The van der Waals surface area contributed by atoms with Crippen LogP contribution in [0.15, 0.2) is 29.4 Å². The summed E-state index contributed by atoms with van der Waals surface area (Å²) < 4.78 is 0. The fourth-order valence-corrected chi connectivity index (χ4v) is 0.987. The minimum absolute atomic E-state index is 0.0301. The fraction of sp³-hybridized carbons (Fsp3) is 0. The van der Waals surface area contributed by atoms with Gasteiger partial charge in [-0.3, -0.25) is 4.79 Å². The second kappa shape index (κ2) is 3.88. The number of halogens is 1. The molecule has 0 aromatic heterocycles. The van der Waals surface area contributed by atoms with Crippen molar-refractivity contribution in [2.45, 2.75) is 0 Å². The lowest BCUT2D eigenvalue weighted by Crippen LogP contribution is -2.01. The van der Waals surface area contributed by atoms with E-state index in [0.29, 0.717) is 16.9 Å². The van der Waals surface area contributed by atoms with Crippen LogP contribution in [0.1, 0.15) is 5.56 Å². The number of rotatable bonds is 2. The predicted octanol–water partition coefficient (Wildman–Crippen LogP) is 1.72. The second-order valence-corrected chi connectivity index (χ2v) is 2.55. The number of aldehydes is 1. The lowest BCUT2D eigenvalue weighted by molar-refractivity contribution is -0.102. The molecule has 0 bridgehead atoms. The molecule has 12 heavy (non-hydrogen) atoms. The van der Waals surface area contributed by atoms with E-state index in [4.69, 9.17) is 16.8 Å². The Bertz CT molecular complexity index is 323. The summed E-state index contributed by atoms with van der Waals surface area (Å²) in [5.74, 6) is 0. The van der Waals surface area contributed by atoms with Crippen molar-refractivity contribution in [3.05, 3.63) is 34.9 Å². The van der Waals surface area contributed by atoms with E-state index in [1.807, 2.05) is 0 Å². The summed E-state index contributed by atoms with van der Waals surface area (Å²) in [6, 6.07) is 6.53. The molecule has 0 radical (unpaired) electrons. The minimum atomic E-state index is -0.0301. The van der Waals surface area contributed by atoms with Crippen LogP contribution in [0.5, 0.6) is 0 Å². The number of oxime groups is 1. The van der Waals surface area contributed by atoms with Crippen molar-refractivity contribution in [1.29, 1.82) is 0 Å². The summed E-state index contributed by atoms with van der Waals surface area (Å²) in [7, 11) is 0. The normalized spacial score (nSPS) is 11.2. The fourth-order valence-electron chi connectivity index (χ4n) is 0.797. The van der Waals surface area contributed by atoms with Gasteiger partial charge in [0, 0.05) is 10.6 Å². The van der Waals surface area contributed by atoms with Gasteiger partial charge in [-0.2, -0.15) is 0 Å². The second-order valence-electron chi connectivity index (χ2n) is 2.11. The third kappa shape index (κ3) is 1.83. The lowest BCUT2D eigenvalue weighted by atomic mass is 10.1. The van der Waals surface area contributed by atoms with Crippen molar-refractivity contribution < 1.29 is 10.0 Å². The molecule has 4 heteroatoms. The summed E-state index contributed by atoms with van der Waals surface area (Å²) in [5, 5.41) is 11.7. The molecular weight excluding hydrogens is 178 g/mol. The SMILES string of the molecule is O=C/C(=N/O)c1cccc(Cl)c1. The number of benzene rings is 1. The lowest BCUT2D eigenvalue weighted by Gasteiger charge is -1.96. The number of carbonyl (C=O) groups is 1. The van der Waals surface area contributed by atoms with Crippen molar-refractivity contribution in [3.63, 3.8) is 0 Å². The number of hydrogen-bond acceptors (Lipinski definition) is 3. The highest BCUT2D eigenvalue weighted by molar-refractivity contribution is 6.37. The van der Waals surface area contributed by atoms with E-state index in [0.717, 1.165) is 0 Å². The van der Waals surface area contributed by atoms with Gasteiger partial charge in [-0.1, -0.05) is 28.9 Å². The van der Waals surface area contributed by atoms with E-state index < -0.39 is 0 Å². The maximum atomic E-state index is 10.3. The van der Waals surface area contributed by atoms with Gasteiger partial charge in [0.15, 0.2) is 6.29 Å². The third-order valence-corrected chi connectivity index (χ3v) is 1.57. The van der Waals surface area contributed by atoms with Crippen molar-refractivity contribution in [2.75, 3.05) is 0 Å². The van der Waals surface area contributed by atoms with E-state index in [1.54, 1.807) is 24.3 Å². The van der Waals surface area contributed by atoms with Gasteiger partial charge in [-0.15, -0.1) is 0 Å². The van der Waals surface area contributed by atoms with E-state index in [2.05, 4.69) is 5.16 Å². The quantitative estimate of drug-likeness (QED) is 0.329. The summed E-state index contributed by atoms with van der Waals surface area (Å²) in [6.07, 6.45) is 0.464. The molecule has 1 aromatic rings. The Balaban J connectivity index is 3.10. The molecule has 0 heterocycles. The molecule has 0 unspecified atom stereocenters. The smallest absolute Gasteiger partial charge is 0.172 e. The van der Waals surface area contributed by atoms with Crippen LogP contribution in [-0.4, -0.2) is 17.2 Å². The molecule has 1 aromatic carbocycles. The molecule has 0 aliphatic heterocycles. The number of hydrogen-bond donors (Lipinski definition) is 1. The first-order valence-corrected chi connectivity index (χ1v) is 3.59. The zero-order valence-corrected chi connectivity index (χ0v) is 6.82. The van der Waals surface area contributed by atoms with Crippen LogP contribution >= 0.6 is 11.6 Å². The summed E-state index contributed by atoms with van der Waals surface area (Å²) in [5.41, 5.74) is 0.470. The molecule has 0 fully saturated rings. The first-order chi connectivity index (χ1) is 5.77. The third-order valence-electron chi connectivity index (χ3n) is 1.34. The minimum Gasteiger partial charge on any atom is -0.410 e. The highest BCUT2D eigenvalue weighted by Crippen LogP contribution is 2.10. The molecule has 3 nitrogen and oxygen atoms in total. The summed E-state index contributed by atoms with van der Waals surface area (Å²) >= 11 is 5.65. The molecule has 1 N–H and O–H groups in total. The predicted molar refractivity (Wildman–Crippen MR) is 45.8 cm³/mol. The number of carbonyl (C=O) groups excluding carboxylic acids is 1. The molecule has 0 amide bonds. The van der Waals surface area contributed by atoms with E-state index >= 15 is 0 Å². The maximum Gasteiger partial charge on any atom is 0.172 e. The van der Waals surface area contributed by atoms with Crippen molar-refractivity contribution >= 4 is 23.6 Å². The monoisotopic (exact) mass is 183 g/mol. The average Bonchev–Trinajstić information content (AvgIpc) is 2.07. The van der Waals surface area contributed by atoms with Crippen LogP contribution < -0.4 is 0 Å². The standard InChI is InChI=1S/C8H6ClNO2/c9-7-3-1-2-6(4-7)8(5-11)10-12/h1-5,12H/b10-8-. The molecule has 0 aliphatic carbocycles. The Labute approximate surface area is 74.3 Å². The Morgan fingerprint density at radius 1 is 1.58 bits per heavy atom. The van der Waals surface area contributed by atoms with Crippen LogP contribution in [0.2, 0.25) is 5.02 Å². The molecule has 62 valence electrons. The Hall–Kier alpha value is -1.35. The Morgan fingerprint density at radius 2 is 2.33 bits per heavy atom. The van der Waals surface area contributed by atoms with Crippen LogP contribution in [0.25, 0.3) is 0 Å². The highest BCUT2D eigenvalue weighted by atomic mass is 35.5. The Morgan fingerprint density at radius 3 is 2.83 bits per heavy atom. The van der Waals surface area contributed by atoms with E-state index in [-0.39, 0.29) is 5.71 Å². The molecule has 0 aliphatic rings. The highest BCUT2D eigenvalue weighted by Gasteiger charge is 2.01. The first-order valence-electron chi connectivity index (χ1n) is 3.21. The van der Waals surface area contributed by atoms with Crippen LogP contribution in [0.4, 0.5) is 0 Å². The van der Waals surface area contributed by atoms with E-state index in [9.17, 15) is 4.79 Å². The summed E-state index contributed by atoms with van der Waals surface area (Å²) in [6.45, 7) is 0. The van der Waals surface area contributed by atoms with Gasteiger partial charge in [-0.25, -0.2) is 0 Å². The van der Waals surface area contributed by atoms with Gasteiger partial charge in [0.2, 0.25) is 0 Å². The van der Waals surface area contributed by atoms with Crippen molar-refractivity contribution in [2.24, 2.45) is 5.16 Å². The van der Waals surface area contributed by atoms with Gasteiger partial charge in [0.05, 0.1) is 0 Å². The maximum absolute atomic E-state index is 10.3. The van der Waals surface area contributed by atoms with Crippen LogP contribution in [0.3, 0.4) is 0 Å². The summed E-state index contributed by atoms with van der Waals surface area (Å²) in [4.78, 5) is 10.3. The zero-order valence-electron chi connectivity index (χ0n) is 6.07. The largest absolute Gasteiger partial charge is 0.410 e. The molecule has 0 spiro atoms. The molecule has 1 rings (SSSR count). The average molecular weight is 184 g/mol. The first kappa shape index (κ1) is 8.74. The van der Waals surface area contributed by atoms with Crippen LogP contribution in [0, 0.1) is 0 Å². The molecule has 0 atom stereocenters. The van der Waals surface area contributed by atoms with Gasteiger partial charge < -0.3 is 5.21 Å². The molecule has 0 saturated heterocycles. The van der Waals surface area contributed by atoms with Gasteiger partial charge in [0.25, 0.3) is 0 Å².